The molecule has 0 saturated heterocycles. The van der Waals surface area contributed by atoms with Crippen molar-refractivity contribution in [1.29, 1.82) is 0 Å². The van der Waals surface area contributed by atoms with Crippen LogP contribution in [0.1, 0.15) is 5.56 Å². The Labute approximate surface area is 87.1 Å². The van der Waals surface area contributed by atoms with E-state index in [1.807, 2.05) is 25.1 Å². The topological polar surface area (TPSA) is 43.8 Å². The Bertz CT molecular complexity index is 462. The molecule has 3 nitrogen and oxygen atoms in total. The van der Waals surface area contributed by atoms with Crippen LogP contribution in [-0.4, -0.2) is 9.55 Å². The molecule has 1 heterocycles. The number of nitrogens with zero attached hydrogens (tertiary/aromatic N) is 2. The Kier molecular flexibility index (Phi) is 2.17. The molecule has 0 aliphatic carbocycles. The van der Waals surface area contributed by atoms with Crippen LogP contribution in [0.3, 0.4) is 0 Å². The van der Waals surface area contributed by atoms with E-state index in [-0.39, 0.29) is 0 Å². The third kappa shape index (κ3) is 1.46. The van der Waals surface area contributed by atoms with Crippen LogP contribution >= 0.6 is 11.6 Å². The molecule has 4 heteroatoms. The van der Waals surface area contributed by atoms with Gasteiger partial charge in [0, 0.05) is 12.4 Å². The van der Waals surface area contributed by atoms with E-state index in [0.29, 0.717) is 11.0 Å². The van der Waals surface area contributed by atoms with Crippen molar-refractivity contribution in [3.8, 4) is 5.69 Å². The molecule has 0 aliphatic rings. The highest BCUT2D eigenvalue weighted by Crippen LogP contribution is 2.23. The van der Waals surface area contributed by atoms with Gasteiger partial charge in [0.1, 0.15) is 0 Å². The summed E-state index contributed by atoms with van der Waals surface area (Å²) in [7, 11) is 0. The van der Waals surface area contributed by atoms with Gasteiger partial charge in [0.25, 0.3) is 0 Å². The van der Waals surface area contributed by atoms with Gasteiger partial charge in [-0.05, 0) is 24.6 Å². The molecule has 0 bridgehead atoms. The third-order valence-electron chi connectivity index (χ3n) is 2.03. The lowest BCUT2D eigenvalue weighted by molar-refractivity contribution is 1.07. The van der Waals surface area contributed by atoms with Crippen molar-refractivity contribution < 1.29 is 0 Å². The van der Waals surface area contributed by atoms with Gasteiger partial charge in [-0.1, -0.05) is 17.7 Å². The Morgan fingerprint density at radius 2 is 2.21 bits per heavy atom. The standard InChI is InChI=1S/C10H10ClN3/c1-7-2-3-8(11)9(6-7)14-5-4-13-10(14)12/h2-6H,1H3,(H2,12,13). The summed E-state index contributed by atoms with van der Waals surface area (Å²) < 4.78 is 1.76. The molecule has 2 aromatic rings. The van der Waals surface area contributed by atoms with Crippen LogP contribution in [0, 0.1) is 6.92 Å². The molecule has 0 radical (unpaired) electrons. The zero-order valence-corrected chi connectivity index (χ0v) is 8.49. The summed E-state index contributed by atoms with van der Waals surface area (Å²) in [5.74, 6) is 0.442. The minimum absolute atomic E-state index is 0.442. The van der Waals surface area contributed by atoms with E-state index in [2.05, 4.69) is 4.98 Å². The molecule has 2 rings (SSSR count). The zero-order chi connectivity index (χ0) is 10.1. The highest BCUT2D eigenvalue weighted by atomic mass is 35.5. The summed E-state index contributed by atoms with van der Waals surface area (Å²) in [6.07, 6.45) is 3.43. The minimum Gasteiger partial charge on any atom is -0.369 e. The number of anilines is 1. The first kappa shape index (κ1) is 9.09. The lowest BCUT2D eigenvalue weighted by Crippen LogP contribution is -2.00. The molecular formula is C10H10ClN3. The van der Waals surface area contributed by atoms with Crippen molar-refractivity contribution in [3.63, 3.8) is 0 Å². The van der Waals surface area contributed by atoms with Gasteiger partial charge in [-0.3, -0.25) is 4.57 Å². The number of hydrogen-bond acceptors (Lipinski definition) is 2. The summed E-state index contributed by atoms with van der Waals surface area (Å²) in [4.78, 5) is 3.95. The summed E-state index contributed by atoms with van der Waals surface area (Å²) in [5, 5.41) is 0.667. The minimum atomic E-state index is 0.442. The van der Waals surface area contributed by atoms with Gasteiger partial charge >= 0.3 is 0 Å². The van der Waals surface area contributed by atoms with Crippen molar-refractivity contribution in [2.75, 3.05) is 5.73 Å². The number of rotatable bonds is 1. The van der Waals surface area contributed by atoms with Crippen molar-refractivity contribution in [3.05, 3.63) is 41.2 Å². The van der Waals surface area contributed by atoms with Gasteiger partial charge in [-0.15, -0.1) is 0 Å². The third-order valence-corrected chi connectivity index (χ3v) is 2.35. The van der Waals surface area contributed by atoms with E-state index >= 15 is 0 Å². The Morgan fingerprint density at radius 1 is 1.43 bits per heavy atom. The van der Waals surface area contributed by atoms with E-state index in [0.717, 1.165) is 11.3 Å². The fourth-order valence-electron chi connectivity index (χ4n) is 1.33. The number of aryl methyl sites for hydroxylation is 1. The number of aromatic nitrogens is 2. The van der Waals surface area contributed by atoms with Crippen LogP contribution in [0.15, 0.2) is 30.6 Å². The lowest BCUT2D eigenvalue weighted by Gasteiger charge is -2.07. The molecule has 0 fully saturated rings. The Balaban J connectivity index is 2.62. The van der Waals surface area contributed by atoms with E-state index in [9.17, 15) is 0 Å². The van der Waals surface area contributed by atoms with Gasteiger partial charge in [-0.25, -0.2) is 4.98 Å². The number of hydrogen-bond donors (Lipinski definition) is 1. The maximum absolute atomic E-state index is 6.06. The molecule has 0 aliphatic heterocycles. The van der Waals surface area contributed by atoms with E-state index in [4.69, 9.17) is 17.3 Å². The molecule has 2 N–H and O–H groups in total. The fraction of sp³-hybridized carbons (Fsp3) is 0.100. The highest BCUT2D eigenvalue weighted by Gasteiger charge is 2.05. The summed E-state index contributed by atoms with van der Waals surface area (Å²) in [5.41, 5.74) is 7.68. The van der Waals surface area contributed by atoms with Gasteiger partial charge in [0.05, 0.1) is 10.7 Å². The smallest absolute Gasteiger partial charge is 0.204 e. The predicted molar refractivity (Wildman–Crippen MR) is 57.7 cm³/mol. The Morgan fingerprint density at radius 3 is 2.86 bits per heavy atom. The van der Waals surface area contributed by atoms with E-state index < -0.39 is 0 Å². The van der Waals surface area contributed by atoms with Crippen LogP contribution in [0.5, 0.6) is 0 Å². The number of nitrogen functional groups attached to an aromatic ring is 1. The molecule has 1 aromatic heterocycles. The fourth-order valence-corrected chi connectivity index (χ4v) is 1.53. The SMILES string of the molecule is Cc1ccc(Cl)c(-n2ccnc2N)c1. The second kappa shape index (κ2) is 3.35. The first-order chi connectivity index (χ1) is 6.68. The molecule has 1 aromatic carbocycles. The molecule has 14 heavy (non-hydrogen) atoms. The number of benzene rings is 1. The average Bonchev–Trinajstić information content (AvgIpc) is 2.56. The summed E-state index contributed by atoms with van der Waals surface area (Å²) in [6, 6.07) is 5.78. The second-order valence-corrected chi connectivity index (χ2v) is 3.52. The van der Waals surface area contributed by atoms with Crippen LogP contribution < -0.4 is 5.73 Å². The van der Waals surface area contributed by atoms with Gasteiger partial charge < -0.3 is 5.73 Å². The molecule has 72 valence electrons. The first-order valence-corrected chi connectivity index (χ1v) is 4.61. The van der Waals surface area contributed by atoms with Crippen molar-refractivity contribution in [2.24, 2.45) is 0 Å². The zero-order valence-electron chi connectivity index (χ0n) is 7.74. The quantitative estimate of drug-likeness (QED) is 0.781. The monoisotopic (exact) mass is 207 g/mol. The van der Waals surface area contributed by atoms with E-state index in [1.165, 1.54) is 0 Å². The van der Waals surface area contributed by atoms with Crippen LogP contribution in [-0.2, 0) is 0 Å². The maximum atomic E-state index is 6.06. The highest BCUT2D eigenvalue weighted by molar-refractivity contribution is 6.32. The van der Waals surface area contributed by atoms with Crippen molar-refractivity contribution in [1.82, 2.24) is 9.55 Å². The Hall–Kier alpha value is -1.48. The normalized spacial score (nSPS) is 10.4. The van der Waals surface area contributed by atoms with Crippen molar-refractivity contribution >= 4 is 17.5 Å². The summed E-state index contributed by atoms with van der Waals surface area (Å²) >= 11 is 6.06. The second-order valence-electron chi connectivity index (χ2n) is 3.11. The summed E-state index contributed by atoms with van der Waals surface area (Å²) in [6.45, 7) is 2.01. The van der Waals surface area contributed by atoms with Gasteiger partial charge in [0.15, 0.2) is 0 Å². The van der Waals surface area contributed by atoms with Crippen LogP contribution in [0.25, 0.3) is 5.69 Å². The molecule has 0 saturated carbocycles. The first-order valence-electron chi connectivity index (χ1n) is 4.24. The van der Waals surface area contributed by atoms with Crippen molar-refractivity contribution in [2.45, 2.75) is 6.92 Å². The molecule has 0 amide bonds. The number of halogens is 1. The predicted octanol–water partition coefficient (Wildman–Crippen LogP) is 2.42. The van der Waals surface area contributed by atoms with Crippen LogP contribution in [0.2, 0.25) is 5.02 Å². The maximum Gasteiger partial charge on any atom is 0.204 e. The van der Waals surface area contributed by atoms with Gasteiger partial charge in [0.2, 0.25) is 5.95 Å². The van der Waals surface area contributed by atoms with Crippen LogP contribution in [0.4, 0.5) is 5.95 Å². The molecule has 0 unspecified atom stereocenters. The van der Waals surface area contributed by atoms with E-state index in [1.54, 1.807) is 17.0 Å². The molecular weight excluding hydrogens is 198 g/mol. The molecule has 0 atom stereocenters. The number of nitrogens with two attached hydrogens (primary N) is 1. The largest absolute Gasteiger partial charge is 0.369 e. The lowest BCUT2D eigenvalue weighted by atomic mass is 10.2. The number of imidazole rings is 1. The average molecular weight is 208 g/mol. The molecule has 0 spiro atoms. The van der Waals surface area contributed by atoms with Gasteiger partial charge in [-0.2, -0.15) is 0 Å².